The van der Waals surface area contributed by atoms with Crippen LogP contribution in [0.4, 0.5) is 0 Å². The fourth-order valence-corrected chi connectivity index (χ4v) is 7.90. The van der Waals surface area contributed by atoms with Crippen molar-refractivity contribution in [1.82, 2.24) is 0 Å². The van der Waals surface area contributed by atoms with Crippen LogP contribution in [-0.2, 0) is 22.4 Å². The summed E-state index contributed by atoms with van der Waals surface area (Å²) in [5, 5.41) is 10.7. The molecule has 1 heterocycles. The summed E-state index contributed by atoms with van der Waals surface area (Å²) in [7, 11) is 4.82. The SMILES string of the molecule is CCCCCc1cc(OC)c([C@@H]2C=C(C)CC[C@H]2C(=O)OC)c(OC)c1.[2H]C([2H])([2H])C1(C)Oc2cc(CCCCC)cc(O)c2C2C=C(C)CC[C@H]21. The van der Waals surface area contributed by atoms with E-state index in [9.17, 15) is 9.90 Å². The number of hydrogen-bond acceptors (Lipinski definition) is 6. The van der Waals surface area contributed by atoms with Gasteiger partial charge in [-0.1, -0.05) is 62.8 Å². The summed E-state index contributed by atoms with van der Waals surface area (Å²) in [5.74, 6) is 1.62. The predicted molar refractivity (Wildman–Crippen MR) is 199 cm³/mol. The summed E-state index contributed by atoms with van der Waals surface area (Å²) in [4.78, 5) is 12.4. The molecule has 5 rings (SSSR count). The van der Waals surface area contributed by atoms with Crippen LogP contribution < -0.4 is 14.2 Å². The lowest BCUT2D eigenvalue weighted by Crippen LogP contribution is -2.45. The number of allylic oxidation sites excluding steroid dienone is 4. The van der Waals surface area contributed by atoms with E-state index in [-0.39, 0.29) is 35.4 Å². The molecule has 1 aliphatic heterocycles. The van der Waals surface area contributed by atoms with Crippen molar-refractivity contribution in [2.75, 3.05) is 21.3 Å². The van der Waals surface area contributed by atoms with Crippen LogP contribution in [0, 0.1) is 11.8 Å². The van der Waals surface area contributed by atoms with E-state index in [1.807, 2.05) is 12.1 Å². The smallest absolute Gasteiger partial charge is 0.309 e. The Hall–Kier alpha value is -3.41. The average Bonchev–Trinajstić information content (AvgIpc) is 3.10. The molecule has 0 amide bonds. The molecule has 5 atom stereocenters. The first-order valence-corrected chi connectivity index (χ1v) is 18.4. The standard InChI is InChI=1S/C22H32O4.C21H30O2/c1-6-7-8-9-16-13-19(24-3)21(20(14-16)25-4)18-12-15(2)10-11-17(18)22(23)26-5;1-5-6-7-8-15-12-18(22)20-16-11-14(2)9-10-17(16)21(3,4)23-19(20)13-15/h12-14,17-18H,6-11H2,1-5H3;11-13,16-17,22H,5-10H2,1-4H3/t17-,18-;16?,17-/m11/s1/i;3D3/t;16?,17-,21?. The van der Waals surface area contributed by atoms with Crippen LogP contribution >= 0.6 is 0 Å². The maximum absolute atomic E-state index is 12.4. The number of methoxy groups -OCH3 is 3. The molecule has 270 valence electrons. The van der Waals surface area contributed by atoms with E-state index in [4.69, 9.17) is 23.1 Å². The van der Waals surface area contributed by atoms with Gasteiger partial charge in [-0.2, -0.15) is 0 Å². The van der Waals surface area contributed by atoms with E-state index in [1.54, 1.807) is 21.1 Å². The fourth-order valence-electron chi connectivity index (χ4n) is 7.90. The highest BCUT2D eigenvalue weighted by Crippen LogP contribution is 2.53. The zero-order chi connectivity index (χ0) is 38.2. The van der Waals surface area contributed by atoms with E-state index in [0.717, 1.165) is 92.4 Å². The van der Waals surface area contributed by atoms with Crippen LogP contribution in [0.2, 0.25) is 0 Å². The van der Waals surface area contributed by atoms with Gasteiger partial charge in [0, 0.05) is 33.0 Å². The van der Waals surface area contributed by atoms with Crippen LogP contribution in [0.15, 0.2) is 47.6 Å². The molecule has 1 N–H and O–H groups in total. The zero-order valence-electron chi connectivity index (χ0n) is 34.2. The number of aromatic hydroxyl groups is 1. The lowest BCUT2D eigenvalue weighted by Gasteiger charge is -2.46. The second-order valence-corrected chi connectivity index (χ2v) is 14.5. The largest absolute Gasteiger partial charge is 0.507 e. The van der Waals surface area contributed by atoms with E-state index in [2.05, 4.69) is 52.0 Å². The van der Waals surface area contributed by atoms with Crippen molar-refractivity contribution < 1.29 is 33.0 Å². The summed E-state index contributed by atoms with van der Waals surface area (Å²) < 4.78 is 47.0. The van der Waals surface area contributed by atoms with Gasteiger partial charge in [0.1, 0.15) is 28.6 Å². The summed E-state index contributed by atoms with van der Waals surface area (Å²) in [6.45, 7) is 8.05. The summed E-state index contributed by atoms with van der Waals surface area (Å²) >= 11 is 0. The number of rotatable bonds is 12. The molecule has 0 saturated carbocycles. The van der Waals surface area contributed by atoms with Crippen molar-refractivity contribution >= 4 is 5.97 Å². The van der Waals surface area contributed by atoms with Gasteiger partial charge in [-0.25, -0.2) is 0 Å². The Morgan fingerprint density at radius 3 is 1.98 bits per heavy atom. The Balaban J connectivity index is 0.000000233. The number of ether oxygens (including phenoxy) is 4. The van der Waals surface area contributed by atoms with Gasteiger partial charge in [0.05, 0.1) is 27.2 Å². The Bertz CT molecular complexity index is 1570. The Morgan fingerprint density at radius 2 is 1.43 bits per heavy atom. The monoisotopic (exact) mass is 677 g/mol. The average molecular weight is 678 g/mol. The molecule has 0 aromatic heterocycles. The number of aryl methyl sites for hydroxylation is 2. The number of carbonyl (C=O) groups excluding carboxylic acids is 1. The normalized spacial score (nSPS) is 25.3. The van der Waals surface area contributed by atoms with Gasteiger partial charge in [0.15, 0.2) is 0 Å². The van der Waals surface area contributed by atoms with Crippen molar-refractivity contribution in [3.05, 3.63) is 69.8 Å². The Kier molecular flexibility index (Phi) is 12.2. The molecule has 2 aliphatic carbocycles. The van der Waals surface area contributed by atoms with Gasteiger partial charge < -0.3 is 24.1 Å². The van der Waals surface area contributed by atoms with Crippen molar-refractivity contribution in [1.29, 1.82) is 0 Å². The van der Waals surface area contributed by atoms with Gasteiger partial charge in [-0.05, 0) is 114 Å². The van der Waals surface area contributed by atoms with Gasteiger partial charge in [0.2, 0.25) is 0 Å². The van der Waals surface area contributed by atoms with Gasteiger partial charge in [-0.3, -0.25) is 4.79 Å². The molecular weight excluding hydrogens is 612 g/mol. The van der Waals surface area contributed by atoms with Crippen molar-refractivity contribution in [2.24, 2.45) is 11.8 Å². The van der Waals surface area contributed by atoms with Crippen LogP contribution in [0.1, 0.15) is 144 Å². The molecular formula is C43H62O6. The third-order valence-corrected chi connectivity index (χ3v) is 10.6. The topological polar surface area (TPSA) is 74.2 Å². The van der Waals surface area contributed by atoms with Gasteiger partial charge >= 0.3 is 5.97 Å². The van der Waals surface area contributed by atoms with Crippen LogP contribution in [0.3, 0.4) is 0 Å². The van der Waals surface area contributed by atoms with Crippen LogP contribution in [0.25, 0.3) is 0 Å². The molecule has 0 bridgehead atoms. The summed E-state index contributed by atoms with van der Waals surface area (Å²) in [6, 6.07) is 7.98. The van der Waals surface area contributed by atoms with Crippen molar-refractivity contribution in [3.63, 3.8) is 0 Å². The quantitative estimate of drug-likeness (QED) is 0.137. The number of esters is 1. The molecule has 49 heavy (non-hydrogen) atoms. The number of benzene rings is 2. The first-order chi connectivity index (χ1) is 24.7. The molecule has 0 saturated heterocycles. The molecule has 2 aromatic carbocycles. The highest BCUT2D eigenvalue weighted by molar-refractivity contribution is 5.75. The van der Waals surface area contributed by atoms with Crippen molar-refractivity contribution in [2.45, 2.75) is 136 Å². The summed E-state index contributed by atoms with van der Waals surface area (Å²) in [6.07, 6.45) is 16.4. The molecule has 6 heteroatoms. The van der Waals surface area contributed by atoms with Gasteiger partial charge in [0.25, 0.3) is 0 Å². The summed E-state index contributed by atoms with van der Waals surface area (Å²) in [5.41, 5.74) is 5.22. The first kappa shape index (κ1) is 34.1. The third kappa shape index (κ3) is 9.23. The molecule has 0 spiro atoms. The first-order valence-electron chi connectivity index (χ1n) is 19.9. The van der Waals surface area contributed by atoms with Gasteiger partial charge in [-0.15, -0.1) is 0 Å². The Morgan fingerprint density at radius 1 is 0.857 bits per heavy atom. The number of carbonyl (C=O) groups is 1. The zero-order valence-corrected chi connectivity index (χ0v) is 31.2. The number of phenols is 1. The number of phenolic OH excluding ortho intramolecular Hbond substituents is 1. The minimum Gasteiger partial charge on any atom is -0.507 e. The second kappa shape index (κ2) is 17.5. The minimum atomic E-state index is -2.22. The highest BCUT2D eigenvalue weighted by Gasteiger charge is 2.45. The van der Waals surface area contributed by atoms with E-state index in [0.29, 0.717) is 5.75 Å². The lowest BCUT2D eigenvalue weighted by molar-refractivity contribution is -0.146. The second-order valence-electron chi connectivity index (χ2n) is 14.5. The number of unbranched alkanes of at least 4 members (excludes halogenated alkanes) is 4. The van der Waals surface area contributed by atoms with Crippen LogP contribution in [0.5, 0.6) is 23.0 Å². The molecule has 2 aromatic rings. The molecule has 2 unspecified atom stereocenters. The van der Waals surface area contributed by atoms with E-state index < -0.39 is 12.5 Å². The number of fused-ring (bicyclic) bond motifs is 3. The highest BCUT2D eigenvalue weighted by atomic mass is 16.5. The fraction of sp³-hybridized carbons (Fsp3) is 0.605. The predicted octanol–water partition coefficient (Wildman–Crippen LogP) is 10.8. The third-order valence-electron chi connectivity index (χ3n) is 10.6. The maximum Gasteiger partial charge on any atom is 0.309 e. The van der Waals surface area contributed by atoms with E-state index >= 15 is 0 Å². The molecule has 6 nitrogen and oxygen atoms in total. The van der Waals surface area contributed by atoms with Crippen molar-refractivity contribution in [3.8, 4) is 23.0 Å². The maximum atomic E-state index is 12.4. The van der Waals surface area contributed by atoms with E-state index in [1.165, 1.54) is 36.7 Å². The molecule has 0 fully saturated rings. The number of hydrogen-bond donors (Lipinski definition) is 1. The molecule has 3 aliphatic rings. The minimum absolute atomic E-state index is 0.0919. The lowest BCUT2D eigenvalue weighted by atomic mass is 9.68. The molecule has 0 radical (unpaired) electrons. The van der Waals surface area contributed by atoms with Crippen LogP contribution in [-0.4, -0.2) is 38.0 Å². The Labute approximate surface area is 300 Å².